The largest absolute Gasteiger partial charge is 0.387 e. The van der Waals surface area contributed by atoms with E-state index in [-0.39, 0.29) is 17.0 Å². The van der Waals surface area contributed by atoms with Gasteiger partial charge in [0.25, 0.3) is 0 Å². The third-order valence-corrected chi connectivity index (χ3v) is 10.8. The van der Waals surface area contributed by atoms with Crippen LogP contribution in [0.15, 0.2) is 49.3 Å². The zero-order chi connectivity index (χ0) is 32.9. The summed E-state index contributed by atoms with van der Waals surface area (Å²) in [4.78, 5) is 30.4. The second-order valence-electron chi connectivity index (χ2n) is 10.6. The van der Waals surface area contributed by atoms with Gasteiger partial charge in [-0.3, -0.25) is 18.1 Å². The number of anilines is 1. The van der Waals surface area contributed by atoms with Crippen LogP contribution in [0.1, 0.15) is 11.9 Å². The van der Waals surface area contributed by atoms with E-state index in [9.17, 15) is 14.6 Å². The SMILES string of the molecule is Nc1ncnc2c1ncn2[C@@H]1O[C@@H]2COP(=O)(S)O[C@@H]3[C@H](O)[C@@H](COP(O)(=S)O[C@H]2[C@H]1F)O[C@H]3C#Cc1[nH]cnc1-c1ccccc1. The van der Waals surface area contributed by atoms with E-state index in [4.69, 9.17) is 45.1 Å². The molecule has 16 nitrogen and oxygen atoms in total. The number of ether oxygens (including phenoxy) is 2. The lowest BCUT2D eigenvalue weighted by Gasteiger charge is -2.26. The molecule has 3 aromatic heterocycles. The number of aliphatic hydroxyl groups is 1. The molecule has 0 aliphatic carbocycles. The van der Waals surface area contributed by atoms with Gasteiger partial charge in [0.15, 0.2) is 23.9 Å². The summed E-state index contributed by atoms with van der Waals surface area (Å²) >= 11 is 9.28. The van der Waals surface area contributed by atoms with E-state index in [0.717, 1.165) is 5.56 Å². The van der Waals surface area contributed by atoms with Crippen LogP contribution in [0.4, 0.5) is 10.2 Å². The van der Waals surface area contributed by atoms with Crippen LogP contribution in [-0.4, -0.2) is 95.5 Å². The Morgan fingerprint density at radius 3 is 2.68 bits per heavy atom. The number of fused-ring (bicyclic) bond motifs is 4. The molecule has 47 heavy (non-hydrogen) atoms. The maximum atomic E-state index is 16.0. The zero-order valence-corrected chi connectivity index (χ0v) is 27.3. The molecule has 2 unspecified atom stereocenters. The van der Waals surface area contributed by atoms with E-state index in [2.05, 4.69) is 49.0 Å². The standard InChI is InChI=1S/C26H26FN7O9P2S2/c27-18-22-17(41-26(18)34-12-33-20-24(28)31-11-32-25(20)34)9-39-45(37,47)43-23-15(40-16(21(23)35)8-38-44(36,46)42-22)7-6-14-19(30-10-29-14)13-4-2-1-3-5-13/h1-5,10-12,15-18,21-23,26,35H,8-9H2,(H,29,30)(H,36,46)(H,37,47)(H2,28,31,32)/t15-,16+,17+,18+,21+,22+,23-,26+,44?,45?/m0/s1. The Labute approximate surface area is 276 Å². The van der Waals surface area contributed by atoms with Gasteiger partial charge in [-0.15, -0.1) is 0 Å². The van der Waals surface area contributed by atoms with Crippen molar-refractivity contribution < 1.29 is 46.5 Å². The Bertz CT molecular complexity index is 1950. The lowest BCUT2D eigenvalue weighted by atomic mass is 10.1. The highest BCUT2D eigenvalue weighted by Gasteiger charge is 2.52. The maximum Gasteiger partial charge on any atom is 0.386 e. The lowest BCUT2D eigenvalue weighted by molar-refractivity contribution is -0.0442. The second-order valence-corrected chi connectivity index (χ2v) is 16.3. The third kappa shape index (κ3) is 6.62. The molecule has 0 radical (unpaired) electrons. The van der Waals surface area contributed by atoms with Crippen molar-refractivity contribution in [3.63, 3.8) is 0 Å². The monoisotopic (exact) mass is 725 g/mol. The number of nitrogen functional groups attached to an aromatic ring is 1. The molecule has 0 amide bonds. The number of halogens is 1. The molecule has 0 saturated carbocycles. The summed E-state index contributed by atoms with van der Waals surface area (Å²) in [7, 11) is 0. The van der Waals surface area contributed by atoms with Crippen LogP contribution in [0.3, 0.4) is 0 Å². The second kappa shape index (κ2) is 12.9. The summed E-state index contributed by atoms with van der Waals surface area (Å²) in [5, 5.41) is 11.1. The van der Waals surface area contributed by atoms with Crippen molar-refractivity contribution in [3.05, 3.63) is 55.0 Å². The summed E-state index contributed by atoms with van der Waals surface area (Å²) in [6.45, 7) is -9.62. The topological polar surface area (TPSA) is 211 Å². The molecule has 3 aliphatic heterocycles. The fraction of sp³-hybridized carbons (Fsp3) is 0.385. The number of hydrogen-bond acceptors (Lipinski definition) is 14. The molecule has 6 heterocycles. The van der Waals surface area contributed by atoms with E-state index >= 15 is 4.39 Å². The molecule has 3 saturated heterocycles. The number of hydrogen-bond donors (Lipinski definition) is 5. The number of thiol groups is 1. The maximum absolute atomic E-state index is 16.0. The molecule has 5 N–H and O–H groups in total. The predicted molar refractivity (Wildman–Crippen MR) is 169 cm³/mol. The number of rotatable bonds is 2. The minimum absolute atomic E-state index is 0.0694. The van der Waals surface area contributed by atoms with Crippen molar-refractivity contribution in [1.82, 2.24) is 29.5 Å². The van der Waals surface area contributed by atoms with Gasteiger partial charge in [0.05, 0.1) is 25.9 Å². The average molecular weight is 726 g/mol. The Balaban J connectivity index is 1.15. The summed E-state index contributed by atoms with van der Waals surface area (Å²) < 4.78 is 64.8. The Morgan fingerprint density at radius 1 is 1.09 bits per heavy atom. The van der Waals surface area contributed by atoms with Crippen molar-refractivity contribution in [2.75, 3.05) is 18.9 Å². The Hall–Kier alpha value is -2.82. The van der Waals surface area contributed by atoms with Crippen LogP contribution in [0.25, 0.3) is 22.4 Å². The molecule has 1 aromatic carbocycles. The number of H-pyrrole nitrogens is 1. The van der Waals surface area contributed by atoms with Crippen LogP contribution in [0.5, 0.6) is 0 Å². The van der Waals surface area contributed by atoms with Gasteiger partial charge in [-0.05, 0) is 17.7 Å². The number of aliphatic hydroxyl groups excluding tert-OH is 1. The van der Waals surface area contributed by atoms with Gasteiger partial charge in [-0.2, -0.15) is 0 Å². The van der Waals surface area contributed by atoms with Crippen molar-refractivity contribution in [2.24, 2.45) is 0 Å². The number of benzene rings is 1. The molecule has 4 aromatic rings. The number of nitrogens with zero attached hydrogens (tertiary/aromatic N) is 5. The predicted octanol–water partition coefficient (Wildman–Crippen LogP) is 2.29. The summed E-state index contributed by atoms with van der Waals surface area (Å²) in [6, 6.07) is 9.31. The van der Waals surface area contributed by atoms with Gasteiger partial charge in [0.2, 0.25) is 0 Å². The minimum Gasteiger partial charge on any atom is -0.387 e. The van der Waals surface area contributed by atoms with Crippen molar-refractivity contribution in [3.8, 4) is 23.1 Å². The van der Waals surface area contributed by atoms with Gasteiger partial charge in [-0.1, -0.05) is 48.5 Å². The van der Waals surface area contributed by atoms with E-state index in [1.165, 1.54) is 23.5 Å². The van der Waals surface area contributed by atoms with Gasteiger partial charge in [0.1, 0.15) is 59.9 Å². The minimum atomic E-state index is -4.31. The quantitative estimate of drug-likeness (QED) is 0.114. The van der Waals surface area contributed by atoms with Gasteiger partial charge in [-0.25, -0.2) is 28.9 Å². The van der Waals surface area contributed by atoms with Crippen LogP contribution < -0.4 is 5.73 Å². The van der Waals surface area contributed by atoms with Crippen molar-refractivity contribution in [1.29, 1.82) is 0 Å². The van der Waals surface area contributed by atoms with Crippen LogP contribution in [-0.2, 0) is 43.9 Å². The molecular weight excluding hydrogens is 699 g/mol. The smallest absolute Gasteiger partial charge is 0.386 e. The molecule has 0 spiro atoms. The number of aromatic amines is 1. The summed E-state index contributed by atoms with van der Waals surface area (Å²) in [5.41, 5.74) is 8.08. The normalized spacial score (nSPS) is 36.1. The summed E-state index contributed by atoms with van der Waals surface area (Å²) in [5.74, 6) is 5.87. The summed E-state index contributed by atoms with van der Waals surface area (Å²) in [6.07, 6.45) is -7.55. The molecule has 248 valence electrons. The number of alkyl halides is 1. The van der Waals surface area contributed by atoms with Crippen LogP contribution in [0, 0.1) is 11.8 Å². The first-order valence-corrected chi connectivity index (χ1v) is 19.3. The Kier molecular flexibility index (Phi) is 8.98. The Morgan fingerprint density at radius 2 is 1.87 bits per heavy atom. The van der Waals surface area contributed by atoms with E-state index < -0.39 is 75.8 Å². The third-order valence-electron chi connectivity index (χ3n) is 7.61. The van der Waals surface area contributed by atoms with E-state index in [1.807, 2.05) is 30.3 Å². The first kappa shape index (κ1) is 32.7. The van der Waals surface area contributed by atoms with Crippen molar-refractivity contribution >= 4 is 54.6 Å². The fourth-order valence-electron chi connectivity index (χ4n) is 5.39. The highest BCUT2D eigenvalue weighted by atomic mass is 32.7. The average Bonchev–Trinajstić information content (AvgIpc) is 3.82. The first-order valence-electron chi connectivity index (χ1n) is 14.0. The number of imidazole rings is 2. The number of aromatic nitrogens is 6. The van der Waals surface area contributed by atoms with E-state index in [1.54, 1.807) is 0 Å². The lowest BCUT2D eigenvalue weighted by Crippen LogP contribution is -2.35. The molecule has 3 aliphatic rings. The highest BCUT2D eigenvalue weighted by Crippen LogP contribution is 2.57. The van der Waals surface area contributed by atoms with Gasteiger partial charge >= 0.3 is 13.5 Å². The molecule has 2 bridgehead atoms. The van der Waals surface area contributed by atoms with E-state index in [0.29, 0.717) is 11.4 Å². The molecule has 21 heteroatoms. The van der Waals surface area contributed by atoms with Crippen molar-refractivity contribution in [2.45, 2.75) is 49.0 Å². The molecular formula is C26H26FN7O9P2S2. The van der Waals surface area contributed by atoms with Crippen LogP contribution >= 0.6 is 25.8 Å². The fourth-order valence-corrected chi connectivity index (χ4v) is 8.30. The van der Waals surface area contributed by atoms with Crippen LogP contribution in [0.2, 0.25) is 0 Å². The molecule has 10 atom stereocenters. The first-order chi connectivity index (χ1) is 22.5. The number of nitrogens with one attached hydrogen (secondary N) is 1. The zero-order valence-electron chi connectivity index (χ0n) is 23.8. The van der Waals surface area contributed by atoms with Gasteiger partial charge in [0, 0.05) is 5.56 Å². The number of nitrogens with two attached hydrogens (primary N) is 1. The molecule has 7 rings (SSSR count). The van der Waals surface area contributed by atoms with Gasteiger partial charge < -0.3 is 34.7 Å². The highest BCUT2D eigenvalue weighted by molar-refractivity contribution is 8.44. The molecule has 3 fully saturated rings.